The van der Waals surface area contributed by atoms with Crippen LogP contribution in [0, 0.1) is 0 Å². The third-order valence-corrected chi connectivity index (χ3v) is 3.11. The zero-order valence-electron chi connectivity index (χ0n) is 9.62. The Morgan fingerprint density at radius 2 is 1.74 bits per heavy atom. The Hall–Kier alpha value is -1.85. The van der Waals surface area contributed by atoms with E-state index in [0.29, 0.717) is 17.2 Å². The molecule has 0 bridgehead atoms. The van der Waals surface area contributed by atoms with E-state index in [1.54, 1.807) is 24.3 Å². The van der Waals surface area contributed by atoms with E-state index in [2.05, 4.69) is 10.2 Å². The van der Waals surface area contributed by atoms with Crippen LogP contribution >= 0.6 is 23.2 Å². The second-order valence-electron chi connectivity index (χ2n) is 3.99. The van der Waals surface area contributed by atoms with E-state index >= 15 is 0 Å². The highest BCUT2D eigenvalue weighted by atomic mass is 35.5. The minimum atomic E-state index is -0.326. The molecule has 0 aliphatic carbocycles. The quantitative estimate of drug-likeness (QED) is 0.728. The summed E-state index contributed by atoms with van der Waals surface area (Å²) in [5, 5.41) is 9.00. The smallest absolute Gasteiger partial charge is 0.244 e. The molecular formula is C12H8Cl2N4O. The monoisotopic (exact) mass is 294 g/mol. The Morgan fingerprint density at radius 3 is 2.47 bits per heavy atom. The molecule has 3 rings (SSSR count). The first kappa shape index (κ1) is 12.2. The molecule has 0 saturated carbocycles. The predicted molar refractivity (Wildman–Crippen MR) is 72.8 cm³/mol. The molecule has 0 unspecified atom stereocenters. The van der Waals surface area contributed by atoms with Crippen LogP contribution in [-0.2, 0) is 6.54 Å². The molecule has 0 saturated heterocycles. The predicted octanol–water partition coefficient (Wildman–Crippen LogP) is 2.25. The van der Waals surface area contributed by atoms with Gasteiger partial charge < -0.3 is 0 Å². The molecule has 1 aromatic carbocycles. The van der Waals surface area contributed by atoms with Gasteiger partial charge in [-0.25, -0.2) is 9.48 Å². The van der Waals surface area contributed by atoms with Gasteiger partial charge in [-0.2, -0.15) is 4.52 Å². The lowest BCUT2D eigenvalue weighted by molar-refractivity contribution is 0.650. The Bertz CT molecular complexity index is 792. The van der Waals surface area contributed by atoms with Crippen LogP contribution in [0.2, 0.25) is 10.2 Å². The molecule has 7 heteroatoms. The van der Waals surface area contributed by atoms with E-state index in [1.807, 2.05) is 12.1 Å². The first-order chi connectivity index (χ1) is 9.13. The minimum Gasteiger partial charge on any atom is -0.244 e. The van der Waals surface area contributed by atoms with Crippen molar-refractivity contribution in [3.63, 3.8) is 0 Å². The van der Waals surface area contributed by atoms with Gasteiger partial charge in [0.05, 0.1) is 6.54 Å². The number of aromatic nitrogens is 4. The SMILES string of the molecule is O=c1n(Cc2ccc(Cl)cc2)nc2ccc(Cl)nn12. The molecule has 96 valence electrons. The molecule has 5 nitrogen and oxygen atoms in total. The number of hydrogen-bond donors (Lipinski definition) is 0. The number of nitrogens with zero attached hydrogens (tertiary/aromatic N) is 4. The van der Waals surface area contributed by atoms with Crippen LogP contribution < -0.4 is 5.69 Å². The van der Waals surface area contributed by atoms with Gasteiger partial charge in [0, 0.05) is 5.02 Å². The second kappa shape index (κ2) is 4.68. The van der Waals surface area contributed by atoms with Crippen LogP contribution in [0.3, 0.4) is 0 Å². The van der Waals surface area contributed by atoms with Gasteiger partial charge in [0.1, 0.15) is 5.15 Å². The highest BCUT2D eigenvalue weighted by Crippen LogP contribution is 2.10. The largest absolute Gasteiger partial charge is 0.367 e. The molecule has 2 aromatic heterocycles. The van der Waals surface area contributed by atoms with Crippen molar-refractivity contribution in [2.75, 3.05) is 0 Å². The van der Waals surface area contributed by atoms with Crippen molar-refractivity contribution in [3.05, 3.63) is 62.6 Å². The van der Waals surface area contributed by atoms with Gasteiger partial charge in [0.25, 0.3) is 0 Å². The summed E-state index contributed by atoms with van der Waals surface area (Å²) in [4.78, 5) is 12.1. The third kappa shape index (κ3) is 2.34. The summed E-state index contributed by atoms with van der Waals surface area (Å²) >= 11 is 11.6. The summed E-state index contributed by atoms with van der Waals surface area (Å²) in [5.41, 5.74) is 1.07. The summed E-state index contributed by atoms with van der Waals surface area (Å²) in [6.07, 6.45) is 0. The lowest BCUT2D eigenvalue weighted by atomic mass is 10.2. The molecule has 0 spiro atoms. The number of halogens is 2. The normalized spacial score (nSPS) is 11.1. The van der Waals surface area contributed by atoms with Crippen molar-refractivity contribution in [1.82, 2.24) is 19.4 Å². The minimum absolute atomic E-state index is 0.251. The summed E-state index contributed by atoms with van der Waals surface area (Å²) in [7, 11) is 0. The Balaban J connectivity index is 2.04. The molecule has 0 aliphatic rings. The zero-order valence-corrected chi connectivity index (χ0v) is 11.1. The van der Waals surface area contributed by atoms with Gasteiger partial charge in [-0.1, -0.05) is 35.3 Å². The van der Waals surface area contributed by atoms with E-state index in [4.69, 9.17) is 23.2 Å². The van der Waals surface area contributed by atoms with Gasteiger partial charge >= 0.3 is 5.69 Å². The fraction of sp³-hybridized carbons (Fsp3) is 0.0833. The highest BCUT2D eigenvalue weighted by molar-refractivity contribution is 6.30. The van der Waals surface area contributed by atoms with Crippen LogP contribution in [0.4, 0.5) is 0 Å². The van der Waals surface area contributed by atoms with Gasteiger partial charge in [0.2, 0.25) is 0 Å². The van der Waals surface area contributed by atoms with E-state index in [9.17, 15) is 4.79 Å². The molecule has 3 aromatic rings. The number of fused-ring (bicyclic) bond motifs is 1. The van der Waals surface area contributed by atoms with Gasteiger partial charge in [-0.3, -0.25) is 0 Å². The molecule has 0 amide bonds. The number of hydrogen-bond acceptors (Lipinski definition) is 3. The average Bonchev–Trinajstić information content (AvgIpc) is 2.70. The maximum absolute atomic E-state index is 12.1. The van der Waals surface area contributed by atoms with E-state index in [1.165, 1.54) is 9.20 Å². The summed E-state index contributed by atoms with van der Waals surface area (Å²) < 4.78 is 2.51. The molecular weight excluding hydrogens is 287 g/mol. The lowest BCUT2D eigenvalue weighted by Crippen LogP contribution is -2.22. The lowest BCUT2D eigenvalue weighted by Gasteiger charge is -1.99. The van der Waals surface area contributed by atoms with Crippen molar-refractivity contribution < 1.29 is 0 Å². The van der Waals surface area contributed by atoms with Crippen LogP contribution in [0.5, 0.6) is 0 Å². The van der Waals surface area contributed by atoms with Crippen molar-refractivity contribution in [2.45, 2.75) is 6.54 Å². The van der Waals surface area contributed by atoms with E-state index in [-0.39, 0.29) is 10.8 Å². The Labute approximate surface area is 118 Å². The molecule has 19 heavy (non-hydrogen) atoms. The molecule has 0 atom stereocenters. The van der Waals surface area contributed by atoms with Crippen LogP contribution in [0.1, 0.15) is 5.56 Å². The summed E-state index contributed by atoms with van der Waals surface area (Å²) in [5.74, 6) is 0. The standard InChI is InChI=1S/C12H8Cl2N4O/c13-9-3-1-8(2-4-9)7-17-12(19)18-11(16-17)6-5-10(14)15-18/h1-6H,7H2. The second-order valence-corrected chi connectivity index (χ2v) is 4.82. The third-order valence-electron chi connectivity index (χ3n) is 2.65. The van der Waals surface area contributed by atoms with Crippen molar-refractivity contribution in [1.29, 1.82) is 0 Å². The van der Waals surface area contributed by atoms with Crippen LogP contribution in [0.25, 0.3) is 5.65 Å². The van der Waals surface area contributed by atoms with Crippen molar-refractivity contribution in [2.24, 2.45) is 0 Å². The summed E-state index contributed by atoms with van der Waals surface area (Å²) in [6.45, 7) is 0.358. The fourth-order valence-corrected chi connectivity index (χ4v) is 2.02. The maximum Gasteiger partial charge on any atom is 0.367 e. The number of rotatable bonds is 2. The molecule has 0 aliphatic heterocycles. The zero-order chi connectivity index (χ0) is 13.4. The first-order valence-electron chi connectivity index (χ1n) is 5.50. The number of benzene rings is 1. The summed E-state index contributed by atoms with van der Waals surface area (Å²) in [6, 6.07) is 10.5. The van der Waals surface area contributed by atoms with Gasteiger partial charge in [-0.05, 0) is 29.8 Å². The first-order valence-corrected chi connectivity index (χ1v) is 6.26. The Kier molecular flexibility index (Phi) is 3.00. The maximum atomic E-state index is 12.1. The van der Waals surface area contributed by atoms with Gasteiger partial charge in [-0.15, -0.1) is 10.2 Å². The Morgan fingerprint density at radius 1 is 1.00 bits per heavy atom. The average molecular weight is 295 g/mol. The van der Waals surface area contributed by atoms with Crippen LogP contribution in [0.15, 0.2) is 41.2 Å². The highest BCUT2D eigenvalue weighted by Gasteiger charge is 2.08. The van der Waals surface area contributed by atoms with E-state index in [0.717, 1.165) is 5.56 Å². The fourth-order valence-electron chi connectivity index (χ4n) is 1.75. The molecule has 0 N–H and O–H groups in total. The van der Waals surface area contributed by atoms with Crippen LogP contribution in [-0.4, -0.2) is 19.4 Å². The van der Waals surface area contributed by atoms with Gasteiger partial charge in [0.15, 0.2) is 5.65 Å². The topological polar surface area (TPSA) is 52.2 Å². The van der Waals surface area contributed by atoms with Crippen molar-refractivity contribution in [3.8, 4) is 0 Å². The van der Waals surface area contributed by atoms with E-state index < -0.39 is 0 Å². The molecule has 2 heterocycles. The molecule has 0 radical (unpaired) electrons. The van der Waals surface area contributed by atoms with Crippen molar-refractivity contribution >= 4 is 28.8 Å². The molecule has 0 fully saturated rings.